The number of fused-ring (bicyclic) bond motifs is 1. The molecule has 1 aliphatic heterocycles. The fraction of sp³-hybridized carbons (Fsp3) is 0.444. The molecule has 0 N–H and O–H groups in total. The predicted octanol–water partition coefficient (Wildman–Crippen LogP) is 3.38. The third-order valence-electron chi connectivity index (χ3n) is 4.52. The van der Waals surface area contributed by atoms with Gasteiger partial charge in [-0.3, -0.25) is 4.90 Å². The van der Waals surface area contributed by atoms with Crippen molar-refractivity contribution in [2.75, 3.05) is 20.8 Å². The maximum Gasteiger partial charge on any atom is 0.451 e. The van der Waals surface area contributed by atoms with Gasteiger partial charge in [0.15, 0.2) is 0 Å². The van der Waals surface area contributed by atoms with Crippen LogP contribution in [0, 0.1) is 6.92 Å². The van der Waals surface area contributed by atoms with E-state index in [1.54, 1.807) is 14.2 Å². The second-order valence-electron chi connectivity index (χ2n) is 6.21. The molecule has 0 atom stereocenters. The molecule has 0 radical (unpaired) electrons. The molecule has 0 fully saturated rings. The summed E-state index contributed by atoms with van der Waals surface area (Å²) in [6.45, 7) is 3.67. The zero-order valence-corrected chi connectivity index (χ0v) is 14.9. The van der Waals surface area contributed by atoms with Crippen LogP contribution in [0.2, 0.25) is 0 Å². The van der Waals surface area contributed by atoms with Gasteiger partial charge in [-0.05, 0) is 13.0 Å². The van der Waals surface area contributed by atoms with Crippen molar-refractivity contribution in [2.45, 2.75) is 32.6 Å². The van der Waals surface area contributed by atoms with Crippen LogP contribution in [0.1, 0.15) is 28.2 Å². The van der Waals surface area contributed by atoms with Crippen molar-refractivity contribution in [3.63, 3.8) is 0 Å². The van der Waals surface area contributed by atoms with E-state index in [0.717, 1.165) is 28.2 Å². The molecular weight excluding hydrogens is 347 g/mol. The highest BCUT2D eigenvalue weighted by atomic mass is 19.4. The van der Waals surface area contributed by atoms with Gasteiger partial charge in [0.25, 0.3) is 0 Å². The molecule has 1 aliphatic rings. The van der Waals surface area contributed by atoms with Crippen LogP contribution in [0.25, 0.3) is 0 Å². The van der Waals surface area contributed by atoms with E-state index in [1.165, 1.54) is 6.20 Å². The summed E-state index contributed by atoms with van der Waals surface area (Å²) in [6.07, 6.45) is -2.77. The molecule has 0 saturated heterocycles. The minimum Gasteiger partial charge on any atom is -0.496 e. The Morgan fingerprint density at radius 2 is 1.96 bits per heavy atom. The maximum absolute atomic E-state index is 12.7. The van der Waals surface area contributed by atoms with E-state index in [9.17, 15) is 13.2 Å². The summed E-state index contributed by atoms with van der Waals surface area (Å²) in [5, 5.41) is 0. The molecule has 0 aliphatic carbocycles. The number of halogens is 3. The summed E-state index contributed by atoms with van der Waals surface area (Å²) < 4.78 is 49.1. The van der Waals surface area contributed by atoms with Crippen molar-refractivity contribution < 1.29 is 22.6 Å². The molecule has 1 aromatic heterocycles. The Labute approximate surface area is 149 Å². The van der Waals surface area contributed by atoms with Crippen molar-refractivity contribution in [3.05, 3.63) is 46.5 Å². The molecule has 0 bridgehead atoms. The summed E-state index contributed by atoms with van der Waals surface area (Å²) >= 11 is 0. The van der Waals surface area contributed by atoms with Gasteiger partial charge in [0.05, 0.1) is 19.9 Å². The molecule has 0 amide bonds. The molecule has 0 spiro atoms. The van der Waals surface area contributed by atoms with Gasteiger partial charge in [0.2, 0.25) is 5.82 Å². The lowest BCUT2D eigenvalue weighted by Crippen LogP contribution is -2.31. The van der Waals surface area contributed by atoms with Crippen LogP contribution in [0.3, 0.4) is 0 Å². The number of methoxy groups -OCH3 is 2. The fourth-order valence-electron chi connectivity index (χ4n) is 3.25. The number of alkyl halides is 3. The lowest BCUT2D eigenvalue weighted by atomic mass is 10.0. The average Bonchev–Trinajstić information content (AvgIpc) is 2.61. The molecule has 26 heavy (non-hydrogen) atoms. The third kappa shape index (κ3) is 3.60. The predicted molar refractivity (Wildman–Crippen MR) is 89.1 cm³/mol. The zero-order chi connectivity index (χ0) is 18.9. The Kier molecular flexibility index (Phi) is 5.04. The van der Waals surface area contributed by atoms with E-state index < -0.39 is 12.0 Å². The molecule has 2 heterocycles. The zero-order valence-electron chi connectivity index (χ0n) is 14.9. The van der Waals surface area contributed by atoms with Gasteiger partial charge in [-0.15, -0.1) is 0 Å². The second-order valence-corrected chi connectivity index (χ2v) is 6.21. The van der Waals surface area contributed by atoms with E-state index in [4.69, 9.17) is 9.47 Å². The minimum absolute atomic E-state index is 0.457. The number of ether oxygens (including phenoxy) is 2. The van der Waals surface area contributed by atoms with Gasteiger partial charge in [0.1, 0.15) is 11.5 Å². The van der Waals surface area contributed by atoms with Gasteiger partial charge in [-0.1, -0.05) is 6.07 Å². The summed E-state index contributed by atoms with van der Waals surface area (Å²) in [5.74, 6) is 0.443. The van der Waals surface area contributed by atoms with Crippen LogP contribution in [0.5, 0.6) is 11.5 Å². The van der Waals surface area contributed by atoms with E-state index in [-0.39, 0.29) is 0 Å². The summed E-state index contributed by atoms with van der Waals surface area (Å²) in [7, 11) is 3.22. The molecular formula is C18H20F3N3O2. The Balaban J connectivity index is 1.79. The summed E-state index contributed by atoms with van der Waals surface area (Å²) in [6, 6.07) is 3.84. The first-order valence-corrected chi connectivity index (χ1v) is 8.18. The van der Waals surface area contributed by atoms with E-state index in [0.29, 0.717) is 31.7 Å². The van der Waals surface area contributed by atoms with Gasteiger partial charge < -0.3 is 9.47 Å². The Morgan fingerprint density at radius 1 is 1.19 bits per heavy atom. The summed E-state index contributed by atoms with van der Waals surface area (Å²) in [5.41, 5.74) is 3.13. The van der Waals surface area contributed by atoms with Gasteiger partial charge in [-0.2, -0.15) is 13.2 Å². The van der Waals surface area contributed by atoms with Crippen LogP contribution < -0.4 is 9.47 Å². The molecule has 0 unspecified atom stereocenters. The van der Waals surface area contributed by atoms with E-state index in [1.807, 2.05) is 19.1 Å². The van der Waals surface area contributed by atoms with Crippen LogP contribution >= 0.6 is 0 Å². The average molecular weight is 367 g/mol. The smallest absolute Gasteiger partial charge is 0.451 e. The highest BCUT2D eigenvalue weighted by Crippen LogP contribution is 2.33. The first kappa shape index (κ1) is 18.4. The quantitative estimate of drug-likeness (QED) is 0.829. The fourth-order valence-corrected chi connectivity index (χ4v) is 3.25. The van der Waals surface area contributed by atoms with Crippen molar-refractivity contribution in [1.29, 1.82) is 0 Å². The van der Waals surface area contributed by atoms with Crippen molar-refractivity contribution in [1.82, 2.24) is 14.9 Å². The van der Waals surface area contributed by atoms with Crippen LogP contribution in [0.4, 0.5) is 13.2 Å². The Bertz CT molecular complexity index is 809. The first-order chi connectivity index (χ1) is 12.3. The standard InChI is InChI=1S/C18H20F3N3O2/c1-11-15(25-2)5-4-12(16(11)26-3)9-24-7-6-14-13(10-24)8-22-17(23-14)18(19,20)21/h4-5,8H,6-7,9-10H2,1-3H3. The first-order valence-electron chi connectivity index (χ1n) is 8.18. The molecule has 8 heteroatoms. The number of benzene rings is 1. The van der Waals surface area contributed by atoms with Crippen LogP contribution in [-0.4, -0.2) is 35.6 Å². The normalized spacial score (nSPS) is 14.8. The maximum atomic E-state index is 12.7. The van der Waals surface area contributed by atoms with Gasteiger partial charge >= 0.3 is 6.18 Å². The SMILES string of the molecule is COc1ccc(CN2CCc3nc(C(F)(F)F)ncc3C2)c(OC)c1C. The molecule has 140 valence electrons. The minimum atomic E-state index is -4.51. The van der Waals surface area contributed by atoms with Gasteiger partial charge in [-0.25, -0.2) is 9.97 Å². The number of aromatic nitrogens is 2. The number of rotatable bonds is 4. The Hall–Kier alpha value is -2.35. The van der Waals surface area contributed by atoms with Crippen LogP contribution in [0.15, 0.2) is 18.3 Å². The van der Waals surface area contributed by atoms with Gasteiger partial charge in [0, 0.05) is 48.9 Å². The van der Waals surface area contributed by atoms with Crippen molar-refractivity contribution in [2.24, 2.45) is 0 Å². The van der Waals surface area contributed by atoms with E-state index >= 15 is 0 Å². The number of hydrogen-bond acceptors (Lipinski definition) is 5. The summed E-state index contributed by atoms with van der Waals surface area (Å²) in [4.78, 5) is 9.31. The largest absolute Gasteiger partial charge is 0.496 e. The highest BCUT2D eigenvalue weighted by Gasteiger charge is 2.35. The van der Waals surface area contributed by atoms with Crippen molar-refractivity contribution in [3.8, 4) is 11.5 Å². The lowest BCUT2D eigenvalue weighted by Gasteiger charge is -2.29. The third-order valence-corrected chi connectivity index (χ3v) is 4.52. The monoisotopic (exact) mass is 367 g/mol. The molecule has 2 aromatic rings. The number of nitrogens with zero attached hydrogens (tertiary/aromatic N) is 3. The molecule has 5 nitrogen and oxygen atoms in total. The van der Waals surface area contributed by atoms with E-state index in [2.05, 4.69) is 14.9 Å². The molecule has 0 saturated carbocycles. The van der Waals surface area contributed by atoms with Crippen molar-refractivity contribution >= 4 is 0 Å². The molecule has 3 rings (SSSR count). The lowest BCUT2D eigenvalue weighted by molar-refractivity contribution is -0.145. The topological polar surface area (TPSA) is 47.5 Å². The second kappa shape index (κ2) is 7.11. The highest BCUT2D eigenvalue weighted by molar-refractivity contribution is 5.49. The molecule has 1 aromatic carbocycles. The number of hydrogen-bond donors (Lipinski definition) is 0. The Morgan fingerprint density at radius 3 is 2.62 bits per heavy atom. The van der Waals surface area contributed by atoms with Crippen LogP contribution in [-0.2, 0) is 25.7 Å².